The molecule has 1 heterocycles. The van der Waals surface area contributed by atoms with Crippen molar-refractivity contribution < 1.29 is 18.8 Å². The van der Waals surface area contributed by atoms with Crippen LogP contribution in [0.5, 0.6) is 0 Å². The van der Waals surface area contributed by atoms with Gasteiger partial charge in [0.05, 0.1) is 5.52 Å². The standard InChI is InChI=1S/C25H20BrFN4O3/c1-14-9-15(2)11-20(10-14)29-24(33)25(34)30-31-21-8-3-17(26)12-16(21)13-22(31)23(32)28-19-6-4-18(27)5-7-19/h3-13H,1-2H3,(H,28,32)(H,29,33)(H,30,34). The Morgan fingerprint density at radius 2 is 1.47 bits per heavy atom. The number of amides is 3. The first-order valence-corrected chi connectivity index (χ1v) is 11.1. The molecule has 0 aliphatic carbocycles. The van der Waals surface area contributed by atoms with Gasteiger partial charge in [0.25, 0.3) is 5.91 Å². The number of halogens is 2. The second-order valence-electron chi connectivity index (χ2n) is 7.80. The van der Waals surface area contributed by atoms with Crippen LogP contribution < -0.4 is 16.1 Å². The first kappa shape index (κ1) is 23.2. The molecule has 0 saturated heterocycles. The van der Waals surface area contributed by atoms with E-state index in [-0.39, 0.29) is 5.69 Å². The van der Waals surface area contributed by atoms with Crippen molar-refractivity contribution in [3.05, 3.63) is 93.8 Å². The molecule has 9 heteroatoms. The molecule has 0 atom stereocenters. The van der Waals surface area contributed by atoms with Crippen LogP contribution in [-0.2, 0) is 9.59 Å². The third-order valence-electron chi connectivity index (χ3n) is 5.00. The summed E-state index contributed by atoms with van der Waals surface area (Å²) in [6, 6.07) is 17.6. The van der Waals surface area contributed by atoms with Gasteiger partial charge in [0.2, 0.25) is 0 Å². The van der Waals surface area contributed by atoms with E-state index in [2.05, 4.69) is 32.0 Å². The van der Waals surface area contributed by atoms with Crippen LogP contribution in [0.1, 0.15) is 21.6 Å². The van der Waals surface area contributed by atoms with Gasteiger partial charge in [-0.05, 0) is 85.6 Å². The summed E-state index contributed by atoms with van der Waals surface area (Å²) in [6.07, 6.45) is 0. The van der Waals surface area contributed by atoms with Crippen molar-refractivity contribution in [2.75, 3.05) is 16.1 Å². The molecule has 0 bridgehead atoms. The second kappa shape index (κ2) is 9.48. The molecule has 172 valence electrons. The van der Waals surface area contributed by atoms with Crippen LogP contribution in [-0.4, -0.2) is 22.4 Å². The lowest BCUT2D eigenvalue weighted by Crippen LogP contribution is -2.36. The predicted octanol–water partition coefficient (Wildman–Crippen LogP) is 5.12. The van der Waals surface area contributed by atoms with Crippen molar-refractivity contribution in [3.8, 4) is 0 Å². The number of fused-ring (bicyclic) bond motifs is 1. The highest BCUT2D eigenvalue weighted by Crippen LogP contribution is 2.24. The predicted molar refractivity (Wildman–Crippen MR) is 133 cm³/mol. The minimum absolute atomic E-state index is 0.0879. The number of nitrogens with zero attached hydrogens (tertiary/aromatic N) is 1. The fourth-order valence-corrected chi connectivity index (χ4v) is 3.97. The summed E-state index contributed by atoms with van der Waals surface area (Å²) in [5.74, 6) is -2.81. The van der Waals surface area contributed by atoms with Crippen LogP contribution in [0.15, 0.2) is 71.2 Å². The first-order valence-electron chi connectivity index (χ1n) is 10.3. The Balaban J connectivity index is 1.62. The first-order chi connectivity index (χ1) is 16.2. The van der Waals surface area contributed by atoms with Gasteiger partial charge in [0.1, 0.15) is 11.5 Å². The van der Waals surface area contributed by atoms with Crippen molar-refractivity contribution in [3.63, 3.8) is 0 Å². The fraction of sp³-hybridized carbons (Fsp3) is 0.0800. The lowest BCUT2D eigenvalue weighted by molar-refractivity contribution is -0.133. The molecule has 3 amide bonds. The summed E-state index contributed by atoms with van der Waals surface area (Å²) < 4.78 is 15.2. The zero-order valence-corrected chi connectivity index (χ0v) is 19.9. The van der Waals surface area contributed by atoms with Crippen LogP contribution >= 0.6 is 15.9 Å². The minimum Gasteiger partial charge on any atom is -0.321 e. The lowest BCUT2D eigenvalue weighted by atomic mass is 10.1. The summed E-state index contributed by atoms with van der Waals surface area (Å²) >= 11 is 3.39. The van der Waals surface area contributed by atoms with Crippen molar-refractivity contribution >= 4 is 55.9 Å². The highest BCUT2D eigenvalue weighted by molar-refractivity contribution is 9.10. The number of aryl methyl sites for hydroxylation is 2. The zero-order valence-electron chi connectivity index (χ0n) is 18.3. The van der Waals surface area contributed by atoms with Gasteiger partial charge in [-0.25, -0.2) is 9.07 Å². The van der Waals surface area contributed by atoms with E-state index >= 15 is 0 Å². The molecule has 0 aliphatic heterocycles. The third kappa shape index (κ3) is 5.15. The van der Waals surface area contributed by atoms with E-state index in [0.717, 1.165) is 15.6 Å². The Labute approximate surface area is 203 Å². The molecule has 0 radical (unpaired) electrons. The summed E-state index contributed by atoms with van der Waals surface area (Å²) in [5, 5.41) is 5.91. The monoisotopic (exact) mass is 522 g/mol. The maximum atomic E-state index is 13.2. The van der Waals surface area contributed by atoms with Crippen molar-refractivity contribution in [2.24, 2.45) is 0 Å². The van der Waals surface area contributed by atoms with Gasteiger partial charge >= 0.3 is 11.8 Å². The molecule has 3 N–H and O–H groups in total. The Hall–Kier alpha value is -3.98. The molecule has 34 heavy (non-hydrogen) atoms. The number of carbonyl (C=O) groups is 3. The van der Waals surface area contributed by atoms with Crippen molar-refractivity contribution in [2.45, 2.75) is 13.8 Å². The quantitative estimate of drug-likeness (QED) is 0.325. The van der Waals surface area contributed by atoms with E-state index in [4.69, 9.17) is 0 Å². The Bertz CT molecular complexity index is 1410. The molecule has 0 spiro atoms. The molecule has 0 unspecified atom stereocenters. The van der Waals surface area contributed by atoms with Crippen LogP contribution in [0.2, 0.25) is 0 Å². The van der Waals surface area contributed by atoms with E-state index in [9.17, 15) is 18.8 Å². The lowest BCUT2D eigenvalue weighted by Gasteiger charge is -2.13. The number of benzene rings is 3. The molecule has 0 aliphatic rings. The Morgan fingerprint density at radius 3 is 2.15 bits per heavy atom. The molecule has 1 aromatic heterocycles. The molecule has 0 saturated carbocycles. The molecular formula is C25H20BrFN4O3. The van der Waals surface area contributed by atoms with Gasteiger partial charge in [-0.15, -0.1) is 0 Å². The SMILES string of the molecule is Cc1cc(C)cc(NC(=O)C(=O)Nn2c(C(=O)Nc3ccc(F)cc3)cc3cc(Br)ccc32)c1. The normalized spacial score (nSPS) is 10.7. The Morgan fingerprint density at radius 1 is 0.794 bits per heavy atom. The molecule has 3 aromatic carbocycles. The summed E-state index contributed by atoms with van der Waals surface area (Å²) in [5.41, 5.74) is 5.87. The summed E-state index contributed by atoms with van der Waals surface area (Å²) in [7, 11) is 0. The van der Waals surface area contributed by atoms with Crippen LogP contribution in [0.25, 0.3) is 10.9 Å². The third-order valence-corrected chi connectivity index (χ3v) is 5.49. The molecular weight excluding hydrogens is 503 g/mol. The van der Waals surface area contributed by atoms with Gasteiger partial charge in [0, 0.05) is 21.2 Å². The highest BCUT2D eigenvalue weighted by Gasteiger charge is 2.21. The number of hydrogen-bond acceptors (Lipinski definition) is 3. The zero-order chi connectivity index (χ0) is 24.4. The topological polar surface area (TPSA) is 92.2 Å². The molecule has 4 rings (SSSR count). The number of hydrogen-bond donors (Lipinski definition) is 3. The largest absolute Gasteiger partial charge is 0.328 e. The number of rotatable bonds is 4. The maximum Gasteiger partial charge on any atom is 0.328 e. The highest BCUT2D eigenvalue weighted by atomic mass is 79.9. The fourth-order valence-electron chi connectivity index (χ4n) is 3.59. The molecule has 7 nitrogen and oxygen atoms in total. The summed E-state index contributed by atoms with van der Waals surface area (Å²) in [4.78, 5) is 38.3. The number of carbonyl (C=O) groups excluding carboxylic acids is 3. The number of nitrogens with one attached hydrogen (secondary N) is 3. The van der Waals surface area contributed by atoms with E-state index in [0.29, 0.717) is 22.3 Å². The summed E-state index contributed by atoms with van der Waals surface area (Å²) in [6.45, 7) is 3.78. The van der Waals surface area contributed by atoms with E-state index < -0.39 is 23.5 Å². The average Bonchev–Trinajstić information content (AvgIpc) is 3.12. The van der Waals surface area contributed by atoms with E-state index in [1.54, 1.807) is 36.4 Å². The number of anilines is 2. The Kier molecular flexibility index (Phi) is 6.47. The second-order valence-corrected chi connectivity index (χ2v) is 8.72. The maximum absolute atomic E-state index is 13.2. The van der Waals surface area contributed by atoms with E-state index in [1.807, 2.05) is 19.9 Å². The van der Waals surface area contributed by atoms with Gasteiger partial charge in [-0.1, -0.05) is 22.0 Å². The minimum atomic E-state index is -0.949. The van der Waals surface area contributed by atoms with E-state index in [1.165, 1.54) is 28.9 Å². The van der Waals surface area contributed by atoms with Crippen LogP contribution in [0.4, 0.5) is 15.8 Å². The van der Waals surface area contributed by atoms with Gasteiger partial charge < -0.3 is 10.6 Å². The van der Waals surface area contributed by atoms with Crippen LogP contribution in [0.3, 0.4) is 0 Å². The smallest absolute Gasteiger partial charge is 0.321 e. The van der Waals surface area contributed by atoms with Gasteiger partial charge in [-0.3, -0.25) is 19.8 Å². The van der Waals surface area contributed by atoms with Gasteiger partial charge in [-0.2, -0.15) is 0 Å². The van der Waals surface area contributed by atoms with Crippen molar-refractivity contribution in [1.82, 2.24) is 4.68 Å². The van der Waals surface area contributed by atoms with Crippen LogP contribution in [0, 0.1) is 19.7 Å². The average molecular weight is 523 g/mol. The van der Waals surface area contributed by atoms with Crippen molar-refractivity contribution in [1.29, 1.82) is 0 Å². The molecule has 4 aromatic rings. The number of aromatic nitrogens is 1. The van der Waals surface area contributed by atoms with Gasteiger partial charge in [0.15, 0.2) is 0 Å². The molecule has 0 fully saturated rings.